The minimum atomic E-state index is -0.174. The van der Waals surface area contributed by atoms with Gasteiger partial charge in [0, 0.05) is 44.4 Å². The first-order chi connectivity index (χ1) is 11.5. The van der Waals surface area contributed by atoms with Crippen LogP contribution in [0.4, 0.5) is 0 Å². The number of nitrogens with one attached hydrogen (secondary N) is 1. The van der Waals surface area contributed by atoms with E-state index in [1.54, 1.807) is 0 Å². The lowest BCUT2D eigenvalue weighted by atomic mass is 9.95. The van der Waals surface area contributed by atoms with Crippen LogP contribution in [-0.4, -0.2) is 62.5 Å². The maximum Gasteiger partial charge on any atom is 0.227 e. The Morgan fingerprint density at radius 2 is 2.04 bits per heavy atom. The number of amides is 2. The van der Waals surface area contributed by atoms with Crippen molar-refractivity contribution in [2.45, 2.75) is 58.4 Å². The molecule has 132 valence electrons. The van der Waals surface area contributed by atoms with Gasteiger partial charge in [-0.3, -0.25) is 14.7 Å². The molecule has 0 aliphatic carbocycles. The van der Waals surface area contributed by atoms with Gasteiger partial charge in [0.05, 0.1) is 5.92 Å². The maximum absolute atomic E-state index is 12.7. The summed E-state index contributed by atoms with van der Waals surface area (Å²) in [5.41, 5.74) is 0. The Morgan fingerprint density at radius 1 is 1.33 bits per heavy atom. The van der Waals surface area contributed by atoms with Crippen molar-refractivity contribution in [2.75, 3.05) is 19.6 Å². The Labute approximate surface area is 142 Å². The molecule has 7 heteroatoms. The van der Waals surface area contributed by atoms with Gasteiger partial charge in [0.2, 0.25) is 11.8 Å². The van der Waals surface area contributed by atoms with Crippen molar-refractivity contribution in [3.05, 3.63) is 11.6 Å². The highest BCUT2D eigenvalue weighted by atomic mass is 16.2. The number of likely N-dealkylation sites (tertiary alicyclic amines) is 2. The summed E-state index contributed by atoms with van der Waals surface area (Å²) >= 11 is 0. The van der Waals surface area contributed by atoms with Crippen LogP contribution < -0.4 is 0 Å². The van der Waals surface area contributed by atoms with E-state index in [4.69, 9.17) is 0 Å². The summed E-state index contributed by atoms with van der Waals surface area (Å²) < 4.78 is 0. The first-order valence-electron chi connectivity index (χ1n) is 8.99. The molecule has 2 aliphatic heterocycles. The Balaban J connectivity index is 1.55. The molecule has 0 saturated carbocycles. The molecule has 7 nitrogen and oxygen atoms in total. The van der Waals surface area contributed by atoms with Gasteiger partial charge in [-0.25, -0.2) is 4.98 Å². The molecule has 2 fully saturated rings. The van der Waals surface area contributed by atoms with Crippen LogP contribution in [-0.2, 0) is 16.0 Å². The van der Waals surface area contributed by atoms with Gasteiger partial charge >= 0.3 is 0 Å². The fraction of sp³-hybridized carbons (Fsp3) is 0.765. The van der Waals surface area contributed by atoms with E-state index in [0.29, 0.717) is 18.9 Å². The molecule has 0 spiro atoms. The molecule has 0 bridgehead atoms. The van der Waals surface area contributed by atoms with Crippen LogP contribution in [0.3, 0.4) is 0 Å². The van der Waals surface area contributed by atoms with Crippen LogP contribution in [0.15, 0.2) is 0 Å². The van der Waals surface area contributed by atoms with Crippen LogP contribution in [0.25, 0.3) is 0 Å². The van der Waals surface area contributed by atoms with Crippen molar-refractivity contribution in [1.82, 2.24) is 25.0 Å². The normalized spacial score (nSPS) is 22.7. The number of carbonyl (C=O) groups excluding carboxylic acids is 2. The highest BCUT2D eigenvalue weighted by Crippen LogP contribution is 2.28. The van der Waals surface area contributed by atoms with Gasteiger partial charge in [0.15, 0.2) is 5.82 Å². The van der Waals surface area contributed by atoms with E-state index in [0.717, 1.165) is 44.0 Å². The van der Waals surface area contributed by atoms with E-state index in [9.17, 15) is 9.59 Å². The molecule has 1 aromatic heterocycles. The molecule has 1 N–H and O–H groups in total. The lowest BCUT2D eigenvalue weighted by molar-refractivity contribution is -0.136. The summed E-state index contributed by atoms with van der Waals surface area (Å²) in [5, 5.41) is 7.27. The smallest absolute Gasteiger partial charge is 0.227 e. The van der Waals surface area contributed by atoms with Gasteiger partial charge in [0.1, 0.15) is 5.82 Å². The SMILES string of the molecule is CCc1nc(C2CCN(C(=O)C3CC(=O)N(C(C)C)C3)CC2)n[nH]1. The molecule has 3 heterocycles. The van der Waals surface area contributed by atoms with Crippen molar-refractivity contribution in [1.29, 1.82) is 0 Å². The molecule has 1 atom stereocenters. The minimum absolute atomic E-state index is 0.103. The zero-order valence-electron chi connectivity index (χ0n) is 14.8. The molecule has 2 aliphatic rings. The second-order valence-electron chi connectivity index (χ2n) is 7.13. The molecular formula is C17H27N5O2. The highest BCUT2D eigenvalue weighted by Gasteiger charge is 2.38. The number of aromatic nitrogens is 3. The number of hydrogen-bond acceptors (Lipinski definition) is 4. The second-order valence-corrected chi connectivity index (χ2v) is 7.13. The van der Waals surface area contributed by atoms with Crippen molar-refractivity contribution in [3.8, 4) is 0 Å². The number of aryl methyl sites for hydroxylation is 1. The largest absolute Gasteiger partial charge is 0.342 e. The number of H-pyrrole nitrogens is 1. The molecule has 2 saturated heterocycles. The van der Waals surface area contributed by atoms with E-state index in [1.807, 2.05) is 23.6 Å². The monoisotopic (exact) mass is 333 g/mol. The average molecular weight is 333 g/mol. The highest BCUT2D eigenvalue weighted by molar-refractivity contribution is 5.89. The molecular weight excluding hydrogens is 306 g/mol. The quantitative estimate of drug-likeness (QED) is 0.901. The fourth-order valence-corrected chi connectivity index (χ4v) is 3.66. The summed E-state index contributed by atoms with van der Waals surface area (Å²) in [6, 6.07) is 0.166. The van der Waals surface area contributed by atoms with E-state index in [2.05, 4.69) is 22.1 Å². The topological polar surface area (TPSA) is 82.2 Å². The molecule has 24 heavy (non-hydrogen) atoms. The standard InChI is InChI=1S/C17H27N5O2/c1-4-14-18-16(20-19-14)12-5-7-21(8-6-12)17(24)13-9-15(23)22(10-13)11(2)3/h11-13H,4-10H2,1-3H3,(H,18,19,20). The predicted octanol–water partition coefficient (Wildman–Crippen LogP) is 1.33. The number of rotatable bonds is 4. The van der Waals surface area contributed by atoms with Crippen LogP contribution in [0.1, 0.15) is 57.6 Å². The molecule has 1 unspecified atom stereocenters. The molecule has 3 rings (SSSR count). The van der Waals surface area contributed by atoms with Gasteiger partial charge in [-0.15, -0.1) is 0 Å². The lowest BCUT2D eigenvalue weighted by Gasteiger charge is -2.32. The number of nitrogens with zero attached hydrogens (tertiary/aromatic N) is 4. The number of piperidine rings is 1. The summed E-state index contributed by atoms with van der Waals surface area (Å²) in [4.78, 5) is 33.0. The molecule has 0 aromatic carbocycles. The minimum Gasteiger partial charge on any atom is -0.342 e. The van der Waals surface area contributed by atoms with E-state index in [-0.39, 0.29) is 23.8 Å². The van der Waals surface area contributed by atoms with Crippen LogP contribution in [0.2, 0.25) is 0 Å². The Bertz CT molecular complexity index is 604. The third-order valence-electron chi connectivity index (χ3n) is 5.19. The Kier molecular flexibility index (Phi) is 4.87. The van der Waals surface area contributed by atoms with Gasteiger partial charge < -0.3 is 9.80 Å². The summed E-state index contributed by atoms with van der Waals surface area (Å²) in [7, 11) is 0. The second kappa shape index (κ2) is 6.91. The first kappa shape index (κ1) is 16.9. The lowest BCUT2D eigenvalue weighted by Crippen LogP contribution is -2.42. The third-order valence-corrected chi connectivity index (χ3v) is 5.19. The van der Waals surface area contributed by atoms with Crippen molar-refractivity contribution in [2.24, 2.45) is 5.92 Å². The average Bonchev–Trinajstić information content (AvgIpc) is 3.21. The number of hydrogen-bond donors (Lipinski definition) is 1. The molecule has 0 radical (unpaired) electrons. The van der Waals surface area contributed by atoms with E-state index in [1.165, 1.54) is 0 Å². The summed E-state index contributed by atoms with van der Waals surface area (Å²) in [5.74, 6) is 2.18. The Hall–Kier alpha value is -1.92. The van der Waals surface area contributed by atoms with E-state index < -0.39 is 0 Å². The molecule has 1 aromatic rings. The third kappa shape index (κ3) is 3.30. The zero-order valence-corrected chi connectivity index (χ0v) is 14.8. The summed E-state index contributed by atoms with van der Waals surface area (Å²) in [6.45, 7) is 8.07. The van der Waals surface area contributed by atoms with Gasteiger partial charge in [-0.2, -0.15) is 5.10 Å². The van der Waals surface area contributed by atoms with Crippen LogP contribution in [0.5, 0.6) is 0 Å². The zero-order chi connectivity index (χ0) is 17.3. The number of carbonyl (C=O) groups is 2. The summed E-state index contributed by atoms with van der Waals surface area (Å²) in [6.07, 6.45) is 2.99. The van der Waals surface area contributed by atoms with E-state index >= 15 is 0 Å². The number of aromatic amines is 1. The first-order valence-corrected chi connectivity index (χ1v) is 8.99. The van der Waals surface area contributed by atoms with Crippen molar-refractivity contribution < 1.29 is 9.59 Å². The van der Waals surface area contributed by atoms with Crippen molar-refractivity contribution >= 4 is 11.8 Å². The fourth-order valence-electron chi connectivity index (χ4n) is 3.66. The maximum atomic E-state index is 12.7. The Morgan fingerprint density at radius 3 is 2.58 bits per heavy atom. The predicted molar refractivity (Wildman–Crippen MR) is 89.3 cm³/mol. The van der Waals surface area contributed by atoms with Gasteiger partial charge in [-0.1, -0.05) is 6.92 Å². The van der Waals surface area contributed by atoms with Crippen LogP contribution in [0, 0.1) is 5.92 Å². The van der Waals surface area contributed by atoms with Gasteiger partial charge in [0.25, 0.3) is 0 Å². The van der Waals surface area contributed by atoms with Crippen molar-refractivity contribution in [3.63, 3.8) is 0 Å². The van der Waals surface area contributed by atoms with Crippen LogP contribution >= 0.6 is 0 Å². The van der Waals surface area contributed by atoms with Gasteiger partial charge in [-0.05, 0) is 26.7 Å². The molecule has 2 amide bonds.